The number of nitriles is 1. The Morgan fingerprint density at radius 2 is 2.37 bits per heavy atom. The van der Waals surface area contributed by atoms with Crippen LogP contribution in [0.15, 0.2) is 16.8 Å². The van der Waals surface area contributed by atoms with Crippen molar-refractivity contribution in [3.05, 3.63) is 38.3 Å². The Balaban J connectivity index is 2.34. The van der Waals surface area contributed by atoms with E-state index >= 15 is 0 Å². The van der Waals surface area contributed by atoms with Gasteiger partial charge in [0, 0.05) is 30.8 Å². The number of nitrogens with zero attached hydrogens (tertiary/aromatic N) is 2. The quantitative estimate of drug-likeness (QED) is 0.818. The van der Waals surface area contributed by atoms with Crippen LogP contribution < -0.4 is 0 Å². The van der Waals surface area contributed by atoms with Gasteiger partial charge in [-0.05, 0) is 35.0 Å². The molecule has 0 fully saturated rings. The van der Waals surface area contributed by atoms with Gasteiger partial charge in [0.15, 0.2) is 0 Å². The molecule has 1 aliphatic heterocycles. The van der Waals surface area contributed by atoms with Gasteiger partial charge in [-0.1, -0.05) is 12.2 Å². The SMILES string of the molecule is CN1CCc2[nH]c(=S)c(C#N)c(-c3ccsc3)c2C1. The average Bonchev–Trinajstić information content (AvgIpc) is 2.91. The molecule has 3 rings (SSSR count). The summed E-state index contributed by atoms with van der Waals surface area (Å²) in [5.74, 6) is 0. The highest BCUT2D eigenvalue weighted by Gasteiger charge is 2.22. The molecule has 5 heteroatoms. The van der Waals surface area contributed by atoms with Gasteiger partial charge in [0.1, 0.15) is 10.7 Å². The molecule has 96 valence electrons. The van der Waals surface area contributed by atoms with Crippen molar-refractivity contribution in [2.75, 3.05) is 13.6 Å². The van der Waals surface area contributed by atoms with Crippen LogP contribution in [0.4, 0.5) is 0 Å². The summed E-state index contributed by atoms with van der Waals surface area (Å²) in [7, 11) is 2.11. The predicted octanol–water partition coefficient (Wildman–Crippen LogP) is 3.33. The third-order valence-corrected chi connectivity index (χ3v) is 4.49. The van der Waals surface area contributed by atoms with Crippen LogP contribution in [0, 0.1) is 16.0 Å². The lowest BCUT2D eigenvalue weighted by atomic mass is 9.93. The van der Waals surface area contributed by atoms with Crippen LogP contribution in [0.5, 0.6) is 0 Å². The Morgan fingerprint density at radius 3 is 3.05 bits per heavy atom. The van der Waals surface area contributed by atoms with Gasteiger partial charge in [-0.15, -0.1) is 0 Å². The summed E-state index contributed by atoms with van der Waals surface area (Å²) in [6.07, 6.45) is 0.957. The molecule has 1 aliphatic rings. The summed E-state index contributed by atoms with van der Waals surface area (Å²) >= 11 is 6.98. The minimum Gasteiger partial charge on any atom is -0.349 e. The van der Waals surface area contributed by atoms with Crippen LogP contribution in [0.2, 0.25) is 0 Å². The second kappa shape index (κ2) is 4.89. The van der Waals surface area contributed by atoms with Crippen LogP contribution in [-0.4, -0.2) is 23.5 Å². The highest BCUT2D eigenvalue weighted by molar-refractivity contribution is 7.71. The van der Waals surface area contributed by atoms with E-state index in [4.69, 9.17) is 12.2 Å². The first kappa shape index (κ1) is 12.5. The first-order valence-corrected chi connectivity index (χ1v) is 7.45. The fourth-order valence-electron chi connectivity index (χ4n) is 2.56. The molecule has 0 amide bonds. The Labute approximate surface area is 121 Å². The van der Waals surface area contributed by atoms with Gasteiger partial charge < -0.3 is 9.88 Å². The molecule has 19 heavy (non-hydrogen) atoms. The van der Waals surface area contributed by atoms with E-state index in [0.717, 1.165) is 30.6 Å². The zero-order chi connectivity index (χ0) is 13.4. The number of H-pyrrole nitrogens is 1. The number of hydrogen-bond donors (Lipinski definition) is 1. The molecule has 0 saturated carbocycles. The smallest absolute Gasteiger partial charge is 0.122 e. The number of nitrogens with one attached hydrogen (secondary N) is 1. The first-order valence-electron chi connectivity index (χ1n) is 6.10. The second-order valence-corrected chi connectivity index (χ2v) is 5.96. The number of likely N-dealkylation sites (N-methyl/N-ethyl adjacent to an activating group) is 1. The van der Waals surface area contributed by atoms with Crippen molar-refractivity contribution < 1.29 is 0 Å². The van der Waals surface area contributed by atoms with E-state index in [1.54, 1.807) is 11.3 Å². The van der Waals surface area contributed by atoms with E-state index in [0.29, 0.717) is 10.2 Å². The van der Waals surface area contributed by atoms with E-state index in [1.165, 1.54) is 11.3 Å². The third-order valence-electron chi connectivity index (χ3n) is 3.50. The summed E-state index contributed by atoms with van der Waals surface area (Å²) in [6.45, 7) is 1.88. The van der Waals surface area contributed by atoms with E-state index < -0.39 is 0 Å². The number of aromatic amines is 1. The molecule has 0 aliphatic carbocycles. The van der Waals surface area contributed by atoms with Crippen LogP contribution in [-0.2, 0) is 13.0 Å². The Morgan fingerprint density at radius 1 is 1.53 bits per heavy atom. The lowest BCUT2D eigenvalue weighted by molar-refractivity contribution is 0.310. The van der Waals surface area contributed by atoms with Crippen molar-refractivity contribution in [1.82, 2.24) is 9.88 Å². The van der Waals surface area contributed by atoms with E-state index in [-0.39, 0.29) is 0 Å². The molecule has 2 aromatic rings. The van der Waals surface area contributed by atoms with Crippen LogP contribution in [0.3, 0.4) is 0 Å². The van der Waals surface area contributed by atoms with Crippen LogP contribution >= 0.6 is 23.6 Å². The van der Waals surface area contributed by atoms with E-state index in [2.05, 4.69) is 34.4 Å². The predicted molar refractivity (Wildman–Crippen MR) is 79.7 cm³/mol. The minimum absolute atomic E-state index is 0.562. The zero-order valence-electron chi connectivity index (χ0n) is 10.6. The summed E-state index contributed by atoms with van der Waals surface area (Å²) < 4.78 is 0.562. The summed E-state index contributed by atoms with van der Waals surface area (Å²) in [4.78, 5) is 5.51. The van der Waals surface area contributed by atoms with Gasteiger partial charge >= 0.3 is 0 Å². The van der Waals surface area contributed by atoms with Crippen molar-refractivity contribution in [3.63, 3.8) is 0 Å². The minimum atomic E-state index is 0.562. The van der Waals surface area contributed by atoms with Gasteiger partial charge in [0.05, 0.1) is 5.56 Å². The maximum absolute atomic E-state index is 9.42. The third kappa shape index (κ3) is 2.12. The lowest BCUT2D eigenvalue weighted by Crippen LogP contribution is -2.28. The second-order valence-electron chi connectivity index (χ2n) is 4.77. The summed E-state index contributed by atoms with van der Waals surface area (Å²) in [6, 6.07) is 4.33. The molecule has 0 unspecified atom stereocenters. The van der Waals surface area contributed by atoms with Crippen molar-refractivity contribution in [2.24, 2.45) is 0 Å². The van der Waals surface area contributed by atoms with Crippen LogP contribution in [0.1, 0.15) is 16.8 Å². The largest absolute Gasteiger partial charge is 0.349 e. The van der Waals surface area contributed by atoms with Crippen molar-refractivity contribution in [3.8, 4) is 17.2 Å². The molecule has 3 nitrogen and oxygen atoms in total. The van der Waals surface area contributed by atoms with Crippen molar-refractivity contribution in [2.45, 2.75) is 13.0 Å². The summed E-state index contributed by atoms with van der Waals surface area (Å²) in [5, 5.41) is 13.5. The number of pyridine rings is 1. The molecule has 0 spiro atoms. The van der Waals surface area contributed by atoms with Gasteiger partial charge in [0.25, 0.3) is 0 Å². The standard InChI is InChI=1S/C14H13N3S2/c1-17-4-2-12-11(7-17)13(9-3-5-19-8-9)10(6-15)14(18)16-12/h3,5,8H,2,4,7H2,1H3,(H,16,18). The maximum atomic E-state index is 9.42. The van der Waals surface area contributed by atoms with Crippen molar-refractivity contribution in [1.29, 1.82) is 5.26 Å². The van der Waals surface area contributed by atoms with E-state index in [1.807, 2.05) is 5.38 Å². The topological polar surface area (TPSA) is 42.8 Å². The number of fused-ring (bicyclic) bond motifs is 1. The van der Waals surface area contributed by atoms with Gasteiger partial charge in [-0.25, -0.2) is 0 Å². The number of thiophene rings is 1. The molecular formula is C14H13N3S2. The Kier molecular flexibility index (Phi) is 3.23. The Bertz CT molecular complexity index is 708. The normalized spacial score (nSPS) is 14.9. The van der Waals surface area contributed by atoms with Gasteiger partial charge in [0.2, 0.25) is 0 Å². The van der Waals surface area contributed by atoms with E-state index in [9.17, 15) is 5.26 Å². The average molecular weight is 287 g/mol. The lowest BCUT2D eigenvalue weighted by Gasteiger charge is -2.27. The monoisotopic (exact) mass is 287 g/mol. The highest BCUT2D eigenvalue weighted by atomic mass is 32.1. The number of hydrogen-bond acceptors (Lipinski definition) is 4. The molecule has 0 radical (unpaired) electrons. The fraction of sp³-hybridized carbons (Fsp3) is 0.286. The fourth-order valence-corrected chi connectivity index (χ4v) is 3.48. The summed E-state index contributed by atoms with van der Waals surface area (Å²) in [5.41, 5.74) is 5.13. The molecule has 0 saturated heterocycles. The molecule has 0 bridgehead atoms. The van der Waals surface area contributed by atoms with Gasteiger partial charge in [-0.2, -0.15) is 16.6 Å². The molecular weight excluding hydrogens is 274 g/mol. The maximum Gasteiger partial charge on any atom is 0.122 e. The number of aromatic nitrogens is 1. The molecule has 2 aromatic heterocycles. The van der Waals surface area contributed by atoms with Crippen LogP contribution in [0.25, 0.3) is 11.1 Å². The van der Waals surface area contributed by atoms with Gasteiger partial charge in [-0.3, -0.25) is 0 Å². The highest BCUT2D eigenvalue weighted by Crippen LogP contribution is 2.33. The Hall–Kier alpha value is -1.48. The molecule has 0 atom stereocenters. The van der Waals surface area contributed by atoms with Crippen molar-refractivity contribution >= 4 is 23.6 Å². The molecule has 3 heterocycles. The number of rotatable bonds is 1. The zero-order valence-corrected chi connectivity index (χ0v) is 12.2. The molecule has 1 N–H and O–H groups in total. The first-order chi connectivity index (χ1) is 9.20. The molecule has 0 aromatic carbocycles.